The van der Waals surface area contributed by atoms with Crippen molar-refractivity contribution < 1.29 is 14.0 Å². The van der Waals surface area contributed by atoms with Crippen LogP contribution in [0.25, 0.3) is 0 Å². The largest absolute Gasteiger partial charge is 0.370 e. The van der Waals surface area contributed by atoms with E-state index in [2.05, 4.69) is 5.32 Å². The minimum atomic E-state index is -1.00. The minimum absolute atomic E-state index is 0. The number of hydrogen-bond donors (Lipinski definition) is 3. The van der Waals surface area contributed by atoms with Crippen LogP contribution in [0.2, 0.25) is 0 Å². The van der Waals surface area contributed by atoms with Crippen LogP contribution in [0.15, 0.2) is 24.3 Å². The maximum atomic E-state index is 13.2. The zero-order valence-electron chi connectivity index (χ0n) is 9.56. The van der Waals surface area contributed by atoms with Gasteiger partial charge in [-0.2, -0.15) is 0 Å². The topological polar surface area (TPSA) is 98.2 Å². The quantitative estimate of drug-likeness (QED) is 0.709. The van der Waals surface area contributed by atoms with Gasteiger partial charge in [0.25, 0.3) is 0 Å². The van der Waals surface area contributed by atoms with Crippen molar-refractivity contribution in [3.8, 4) is 0 Å². The standard InChI is InChI=1S/C11H14FN3O2.ClH/c12-8-4-2-1-3-7(8)6-15-11(17)9(13)5-10(14)16;/h1-4,9H,5-6,13H2,(H2,14,16)(H,15,17);1H. The fourth-order valence-corrected chi connectivity index (χ4v) is 1.26. The fourth-order valence-electron chi connectivity index (χ4n) is 1.26. The molecule has 0 aliphatic rings. The number of amides is 2. The maximum absolute atomic E-state index is 13.2. The van der Waals surface area contributed by atoms with Crippen molar-refractivity contribution in [3.63, 3.8) is 0 Å². The Bertz CT molecular complexity index is 429. The molecule has 0 heterocycles. The minimum Gasteiger partial charge on any atom is -0.370 e. The van der Waals surface area contributed by atoms with Crippen LogP contribution < -0.4 is 16.8 Å². The van der Waals surface area contributed by atoms with Crippen molar-refractivity contribution in [2.75, 3.05) is 0 Å². The van der Waals surface area contributed by atoms with E-state index in [1.807, 2.05) is 0 Å². The van der Waals surface area contributed by atoms with E-state index < -0.39 is 23.7 Å². The van der Waals surface area contributed by atoms with Crippen molar-refractivity contribution in [1.29, 1.82) is 0 Å². The van der Waals surface area contributed by atoms with Gasteiger partial charge in [0, 0.05) is 12.1 Å². The van der Waals surface area contributed by atoms with Crippen LogP contribution in [0.3, 0.4) is 0 Å². The van der Waals surface area contributed by atoms with Crippen LogP contribution in [0.1, 0.15) is 12.0 Å². The summed E-state index contributed by atoms with van der Waals surface area (Å²) in [6, 6.07) is 5.06. The zero-order valence-corrected chi connectivity index (χ0v) is 10.4. The van der Waals surface area contributed by atoms with E-state index in [0.29, 0.717) is 5.56 Å². The van der Waals surface area contributed by atoms with Gasteiger partial charge < -0.3 is 16.8 Å². The summed E-state index contributed by atoms with van der Waals surface area (Å²) in [5.74, 6) is -1.60. The van der Waals surface area contributed by atoms with Crippen LogP contribution >= 0.6 is 12.4 Å². The molecule has 0 saturated heterocycles. The zero-order chi connectivity index (χ0) is 12.8. The highest BCUT2D eigenvalue weighted by molar-refractivity contribution is 5.87. The Hall–Kier alpha value is -1.66. The van der Waals surface area contributed by atoms with Crippen molar-refractivity contribution in [1.82, 2.24) is 5.32 Å². The van der Waals surface area contributed by atoms with Gasteiger partial charge in [0.15, 0.2) is 0 Å². The van der Waals surface area contributed by atoms with Gasteiger partial charge in [-0.05, 0) is 6.07 Å². The lowest BCUT2D eigenvalue weighted by Crippen LogP contribution is -2.42. The Morgan fingerprint density at radius 2 is 1.94 bits per heavy atom. The number of carbonyl (C=O) groups is 2. The van der Waals surface area contributed by atoms with Gasteiger partial charge in [-0.1, -0.05) is 18.2 Å². The molecule has 18 heavy (non-hydrogen) atoms. The van der Waals surface area contributed by atoms with Crippen LogP contribution in [-0.4, -0.2) is 17.9 Å². The Morgan fingerprint density at radius 3 is 2.50 bits per heavy atom. The van der Waals surface area contributed by atoms with E-state index in [9.17, 15) is 14.0 Å². The summed E-state index contributed by atoms with van der Waals surface area (Å²) in [4.78, 5) is 21.9. The van der Waals surface area contributed by atoms with Gasteiger partial charge in [0.05, 0.1) is 12.5 Å². The summed E-state index contributed by atoms with van der Waals surface area (Å²) in [6.07, 6.45) is -0.233. The Morgan fingerprint density at radius 1 is 1.33 bits per heavy atom. The van der Waals surface area contributed by atoms with E-state index in [-0.39, 0.29) is 25.4 Å². The molecule has 1 aromatic rings. The lowest BCUT2D eigenvalue weighted by atomic mass is 10.2. The highest BCUT2D eigenvalue weighted by Gasteiger charge is 2.15. The molecule has 0 saturated carbocycles. The maximum Gasteiger partial charge on any atom is 0.237 e. The lowest BCUT2D eigenvalue weighted by Gasteiger charge is -2.10. The predicted molar refractivity (Wildman–Crippen MR) is 67.3 cm³/mol. The summed E-state index contributed by atoms with van der Waals surface area (Å²) >= 11 is 0. The first kappa shape index (κ1) is 16.3. The van der Waals surface area contributed by atoms with Crippen molar-refractivity contribution in [3.05, 3.63) is 35.6 Å². The van der Waals surface area contributed by atoms with E-state index in [1.54, 1.807) is 18.2 Å². The molecule has 1 atom stereocenters. The number of rotatable bonds is 5. The van der Waals surface area contributed by atoms with Gasteiger partial charge in [-0.3, -0.25) is 9.59 Å². The molecule has 0 aliphatic carbocycles. The number of nitrogens with one attached hydrogen (secondary N) is 1. The molecule has 1 rings (SSSR count). The molecule has 0 spiro atoms. The van der Waals surface area contributed by atoms with Crippen LogP contribution in [0, 0.1) is 5.82 Å². The number of hydrogen-bond acceptors (Lipinski definition) is 3. The second kappa shape index (κ2) is 7.62. The van der Waals surface area contributed by atoms with Crippen LogP contribution in [0.4, 0.5) is 4.39 Å². The van der Waals surface area contributed by atoms with Gasteiger partial charge in [-0.15, -0.1) is 12.4 Å². The first-order chi connectivity index (χ1) is 8.00. The molecule has 0 aliphatic heterocycles. The Kier molecular flexibility index (Phi) is 6.92. The van der Waals surface area contributed by atoms with Gasteiger partial charge >= 0.3 is 0 Å². The SMILES string of the molecule is Cl.NC(=O)CC(N)C(=O)NCc1ccccc1F. The van der Waals surface area contributed by atoms with E-state index in [1.165, 1.54) is 6.07 Å². The molecule has 1 unspecified atom stereocenters. The number of benzene rings is 1. The van der Waals surface area contributed by atoms with Crippen molar-refractivity contribution >= 4 is 24.2 Å². The Balaban J connectivity index is 0.00000289. The molecule has 7 heteroatoms. The average molecular weight is 276 g/mol. The molecule has 5 N–H and O–H groups in total. The summed E-state index contributed by atoms with van der Waals surface area (Å²) in [5, 5.41) is 2.43. The summed E-state index contributed by atoms with van der Waals surface area (Å²) < 4.78 is 13.2. The van der Waals surface area contributed by atoms with Gasteiger partial charge in [0.2, 0.25) is 11.8 Å². The number of primary amides is 1. The Labute approximate surface area is 110 Å². The summed E-state index contributed by atoms with van der Waals surface area (Å²) in [6.45, 7) is 0.0258. The predicted octanol–water partition coefficient (Wildman–Crippen LogP) is 0.0664. The molecular formula is C11H15ClFN3O2. The molecule has 2 amide bonds. The third-order valence-corrected chi connectivity index (χ3v) is 2.17. The number of nitrogens with two attached hydrogens (primary N) is 2. The van der Waals surface area contributed by atoms with Gasteiger partial charge in [0.1, 0.15) is 5.82 Å². The van der Waals surface area contributed by atoms with E-state index in [4.69, 9.17) is 11.5 Å². The third-order valence-electron chi connectivity index (χ3n) is 2.17. The molecule has 0 radical (unpaired) electrons. The van der Waals surface area contributed by atoms with Crippen LogP contribution in [-0.2, 0) is 16.1 Å². The molecule has 0 fully saturated rings. The average Bonchev–Trinajstić information content (AvgIpc) is 2.26. The molecule has 0 aromatic heterocycles. The first-order valence-corrected chi connectivity index (χ1v) is 5.05. The molecule has 0 bridgehead atoms. The molecule has 5 nitrogen and oxygen atoms in total. The second-order valence-corrected chi connectivity index (χ2v) is 3.59. The molecular weight excluding hydrogens is 261 g/mol. The highest BCUT2D eigenvalue weighted by atomic mass is 35.5. The monoisotopic (exact) mass is 275 g/mol. The third kappa shape index (κ3) is 5.11. The summed E-state index contributed by atoms with van der Waals surface area (Å²) in [5.41, 5.74) is 10.7. The van der Waals surface area contributed by atoms with Crippen molar-refractivity contribution in [2.24, 2.45) is 11.5 Å². The molecule has 100 valence electrons. The second-order valence-electron chi connectivity index (χ2n) is 3.59. The smallest absolute Gasteiger partial charge is 0.237 e. The number of halogens is 2. The lowest BCUT2D eigenvalue weighted by molar-refractivity contribution is -0.126. The van der Waals surface area contributed by atoms with E-state index >= 15 is 0 Å². The fraction of sp³-hybridized carbons (Fsp3) is 0.273. The van der Waals surface area contributed by atoms with E-state index in [0.717, 1.165) is 0 Å². The summed E-state index contributed by atoms with van der Waals surface area (Å²) in [7, 11) is 0. The molecule has 1 aromatic carbocycles. The van der Waals surface area contributed by atoms with Crippen LogP contribution in [0.5, 0.6) is 0 Å². The van der Waals surface area contributed by atoms with Gasteiger partial charge in [-0.25, -0.2) is 4.39 Å². The normalized spacial score (nSPS) is 11.2. The first-order valence-electron chi connectivity index (χ1n) is 5.05. The number of carbonyl (C=O) groups excluding carboxylic acids is 2. The highest BCUT2D eigenvalue weighted by Crippen LogP contribution is 2.05. The van der Waals surface area contributed by atoms with Crippen molar-refractivity contribution in [2.45, 2.75) is 19.0 Å².